The number of carbonyl (C=O) groups is 2. The van der Waals surface area contributed by atoms with Crippen molar-refractivity contribution in [3.05, 3.63) is 56.5 Å². The summed E-state index contributed by atoms with van der Waals surface area (Å²) in [6.07, 6.45) is 3.32. The Balaban J connectivity index is 2.44. The molecule has 28 heavy (non-hydrogen) atoms. The second-order valence-corrected chi connectivity index (χ2v) is 8.97. The van der Waals surface area contributed by atoms with Crippen LogP contribution in [0.5, 0.6) is 0 Å². The van der Waals surface area contributed by atoms with Crippen molar-refractivity contribution in [1.82, 2.24) is 0 Å². The smallest absolute Gasteiger partial charge is 0.338 e. The molecule has 1 heterocycles. The molecule has 1 unspecified atom stereocenters. The summed E-state index contributed by atoms with van der Waals surface area (Å²) in [4.78, 5) is 26.0. The Kier molecular flexibility index (Phi) is 6.71. The van der Waals surface area contributed by atoms with E-state index in [1.165, 1.54) is 11.3 Å². The van der Waals surface area contributed by atoms with E-state index < -0.39 is 5.41 Å². The Morgan fingerprint density at radius 1 is 1.21 bits per heavy atom. The van der Waals surface area contributed by atoms with Gasteiger partial charge in [-0.05, 0) is 63.1 Å². The number of methoxy groups -OCH3 is 1. The standard InChI is InChI=1S/C23H30O4S/c1-13(2)27-22(25)20-15(4)21(26-8)17(23(6,7)16(20)5)9-10-18(24)19-11-14(3)12-28-19/h9-13,17H,1-8H3. The highest BCUT2D eigenvalue weighted by atomic mass is 32.1. The molecule has 0 saturated heterocycles. The summed E-state index contributed by atoms with van der Waals surface area (Å²) < 4.78 is 11.2. The molecule has 1 aromatic rings. The lowest BCUT2D eigenvalue weighted by atomic mass is 9.66. The molecule has 1 atom stereocenters. The van der Waals surface area contributed by atoms with Gasteiger partial charge in [0.15, 0.2) is 5.78 Å². The lowest BCUT2D eigenvalue weighted by Gasteiger charge is -2.40. The van der Waals surface area contributed by atoms with E-state index in [0.717, 1.165) is 21.6 Å². The molecule has 0 radical (unpaired) electrons. The van der Waals surface area contributed by atoms with E-state index in [9.17, 15) is 9.59 Å². The number of hydrogen-bond donors (Lipinski definition) is 0. The first kappa shape index (κ1) is 22.2. The molecule has 0 amide bonds. The number of thiophene rings is 1. The maximum absolute atomic E-state index is 12.7. The van der Waals surface area contributed by atoms with Crippen LogP contribution in [-0.4, -0.2) is 25.0 Å². The molecular formula is C23H30O4S. The van der Waals surface area contributed by atoms with Gasteiger partial charge in [-0.25, -0.2) is 4.79 Å². The van der Waals surface area contributed by atoms with Gasteiger partial charge >= 0.3 is 5.97 Å². The van der Waals surface area contributed by atoms with Gasteiger partial charge < -0.3 is 9.47 Å². The second kappa shape index (κ2) is 8.48. The number of ketones is 1. The molecule has 0 bridgehead atoms. The maximum Gasteiger partial charge on any atom is 0.338 e. The van der Waals surface area contributed by atoms with Crippen molar-refractivity contribution in [1.29, 1.82) is 0 Å². The molecule has 4 nitrogen and oxygen atoms in total. The molecule has 152 valence electrons. The molecule has 1 aromatic heterocycles. The van der Waals surface area contributed by atoms with Gasteiger partial charge in [0, 0.05) is 11.5 Å². The van der Waals surface area contributed by atoms with Crippen LogP contribution >= 0.6 is 11.3 Å². The van der Waals surface area contributed by atoms with Crippen molar-refractivity contribution in [2.24, 2.45) is 11.3 Å². The lowest BCUT2D eigenvalue weighted by Crippen LogP contribution is -2.34. The summed E-state index contributed by atoms with van der Waals surface area (Å²) in [6.45, 7) is 13.6. The zero-order chi connectivity index (χ0) is 21.2. The summed E-state index contributed by atoms with van der Waals surface area (Å²) in [5.74, 6) is 0.185. The topological polar surface area (TPSA) is 52.6 Å². The van der Waals surface area contributed by atoms with Crippen LogP contribution in [0.3, 0.4) is 0 Å². The van der Waals surface area contributed by atoms with Crippen molar-refractivity contribution in [2.45, 2.75) is 54.6 Å². The third-order valence-electron chi connectivity index (χ3n) is 5.33. The predicted molar refractivity (Wildman–Crippen MR) is 113 cm³/mol. The molecular weight excluding hydrogens is 372 g/mol. The molecule has 2 rings (SSSR count). The quantitative estimate of drug-likeness (QED) is 0.351. The molecule has 0 fully saturated rings. The first-order valence-corrected chi connectivity index (χ1v) is 10.3. The fourth-order valence-corrected chi connectivity index (χ4v) is 4.35. The van der Waals surface area contributed by atoms with Crippen molar-refractivity contribution >= 4 is 23.1 Å². The molecule has 0 N–H and O–H groups in total. The van der Waals surface area contributed by atoms with Crippen LogP contribution < -0.4 is 0 Å². The largest absolute Gasteiger partial charge is 0.500 e. The van der Waals surface area contributed by atoms with Gasteiger partial charge in [0.05, 0.1) is 23.7 Å². The number of ether oxygens (including phenoxy) is 2. The van der Waals surface area contributed by atoms with Crippen LogP contribution in [0.25, 0.3) is 0 Å². The number of hydrogen-bond acceptors (Lipinski definition) is 5. The minimum Gasteiger partial charge on any atom is -0.500 e. The number of allylic oxidation sites excluding steroid dienone is 3. The first-order chi connectivity index (χ1) is 13.0. The van der Waals surface area contributed by atoms with E-state index in [0.29, 0.717) is 11.3 Å². The Labute approximate surface area is 171 Å². The Hall–Kier alpha value is -2.14. The highest BCUT2D eigenvalue weighted by Gasteiger charge is 2.42. The molecule has 1 aliphatic carbocycles. The van der Waals surface area contributed by atoms with E-state index in [1.807, 2.05) is 52.1 Å². The molecule has 5 heteroatoms. The van der Waals surface area contributed by atoms with Crippen molar-refractivity contribution in [3.8, 4) is 0 Å². The lowest BCUT2D eigenvalue weighted by molar-refractivity contribution is -0.142. The maximum atomic E-state index is 12.7. The van der Waals surface area contributed by atoms with Gasteiger partial charge in [-0.15, -0.1) is 11.3 Å². The fraction of sp³-hybridized carbons (Fsp3) is 0.478. The third-order valence-corrected chi connectivity index (χ3v) is 6.39. The SMILES string of the molecule is COC1=C(C)C(C(=O)OC(C)C)=C(C)C(C)(C)C1C=CC(=O)c1cc(C)cs1. The predicted octanol–water partition coefficient (Wildman–Crippen LogP) is 5.64. The Morgan fingerprint density at radius 3 is 2.36 bits per heavy atom. The Bertz CT molecular complexity index is 865. The average Bonchev–Trinajstić information content (AvgIpc) is 3.02. The van der Waals surface area contributed by atoms with Crippen LogP contribution in [0.4, 0.5) is 0 Å². The molecule has 0 spiro atoms. The van der Waals surface area contributed by atoms with Crippen LogP contribution in [0.15, 0.2) is 46.1 Å². The molecule has 0 aliphatic heterocycles. The summed E-state index contributed by atoms with van der Waals surface area (Å²) in [5, 5.41) is 1.97. The summed E-state index contributed by atoms with van der Waals surface area (Å²) in [6, 6.07) is 1.90. The normalized spacial score (nSPS) is 19.5. The minimum atomic E-state index is -0.404. The summed E-state index contributed by atoms with van der Waals surface area (Å²) in [5.41, 5.74) is 2.95. The van der Waals surface area contributed by atoms with E-state index in [4.69, 9.17) is 9.47 Å². The van der Waals surface area contributed by atoms with E-state index >= 15 is 0 Å². The number of esters is 1. The summed E-state index contributed by atoms with van der Waals surface area (Å²) in [7, 11) is 1.60. The van der Waals surface area contributed by atoms with Gasteiger partial charge in [-0.2, -0.15) is 0 Å². The zero-order valence-electron chi connectivity index (χ0n) is 18.0. The fourth-order valence-electron chi connectivity index (χ4n) is 3.53. The van der Waals surface area contributed by atoms with Crippen LogP contribution in [0.2, 0.25) is 0 Å². The van der Waals surface area contributed by atoms with Crippen molar-refractivity contribution in [2.75, 3.05) is 7.11 Å². The minimum absolute atomic E-state index is 0.0198. The number of rotatable bonds is 6. The highest BCUT2D eigenvalue weighted by Crippen LogP contribution is 2.48. The van der Waals surface area contributed by atoms with Crippen molar-refractivity contribution in [3.63, 3.8) is 0 Å². The van der Waals surface area contributed by atoms with E-state index in [1.54, 1.807) is 13.2 Å². The monoisotopic (exact) mass is 402 g/mol. The number of carbonyl (C=O) groups excluding carboxylic acids is 2. The van der Waals surface area contributed by atoms with Crippen LogP contribution in [0, 0.1) is 18.3 Å². The third kappa shape index (κ3) is 4.30. The van der Waals surface area contributed by atoms with Gasteiger partial charge in [-0.3, -0.25) is 4.79 Å². The van der Waals surface area contributed by atoms with Gasteiger partial charge in [0.2, 0.25) is 0 Å². The zero-order valence-corrected chi connectivity index (χ0v) is 18.8. The molecule has 0 saturated carbocycles. The van der Waals surface area contributed by atoms with E-state index in [-0.39, 0.29) is 23.8 Å². The van der Waals surface area contributed by atoms with Gasteiger partial charge in [0.25, 0.3) is 0 Å². The molecule has 0 aromatic carbocycles. The molecule has 1 aliphatic rings. The van der Waals surface area contributed by atoms with Crippen molar-refractivity contribution < 1.29 is 19.1 Å². The summed E-state index contributed by atoms with van der Waals surface area (Å²) >= 11 is 1.45. The first-order valence-electron chi connectivity index (χ1n) is 9.45. The van der Waals surface area contributed by atoms with E-state index in [2.05, 4.69) is 13.8 Å². The average molecular weight is 403 g/mol. The van der Waals surface area contributed by atoms with Crippen LogP contribution in [-0.2, 0) is 14.3 Å². The van der Waals surface area contributed by atoms with Gasteiger partial charge in [0.1, 0.15) is 5.76 Å². The second-order valence-electron chi connectivity index (χ2n) is 8.06. The van der Waals surface area contributed by atoms with Gasteiger partial charge in [-0.1, -0.05) is 25.5 Å². The number of aryl methyl sites for hydroxylation is 1. The highest BCUT2D eigenvalue weighted by molar-refractivity contribution is 7.12. The Morgan fingerprint density at radius 2 is 1.86 bits per heavy atom. The van der Waals surface area contributed by atoms with Crippen LogP contribution in [0.1, 0.15) is 56.8 Å².